The van der Waals surface area contributed by atoms with Crippen LogP contribution in [0.15, 0.2) is 29.4 Å². The highest BCUT2D eigenvalue weighted by Gasteiger charge is 2.23. The van der Waals surface area contributed by atoms with Crippen LogP contribution in [0.25, 0.3) is 0 Å². The number of hydrogen-bond donors (Lipinski definition) is 0. The van der Waals surface area contributed by atoms with E-state index in [2.05, 4.69) is 29.4 Å². The lowest BCUT2D eigenvalue weighted by molar-refractivity contribution is 0.124. The normalized spacial score (nSPS) is 25.2. The average molecular weight is 217 g/mol. The summed E-state index contributed by atoms with van der Waals surface area (Å²) >= 11 is 0. The highest BCUT2D eigenvalue weighted by atomic mass is 16.7. The summed E-state index contributed by atoms with van der Waals surface area (Å²) in [4.78, 5) is 5.32. The second kappa shape index (κ2) is 4.26. The first-order valence-electron chi connectivity index (χ1n) is 5.82. The molecule has 0 aromatic heterocycles. The molecule has 16 heavy (non-hydrogen) atoms. The smallest absolute Gasteiger partial charge is 0.145 e. The minimum atomic E-state index is 0.281. The van der Waals surface area contributed by atoms with Crippen LogP contribution in [0.1, 0.15) is 24.0 Å². The van der Waals surface area contributed by atoms with Gasteiger partial charge in [-0.2, -0.15) is 0 Å². The van der Waals surface area contributed by atoms with Crippen LogP contribution in [-0.2, 0) is 16.0 Å². The van der Waals surface area contributed by atoms with E-state index in [4.69, 9.17) is 9.57 Å². The number of rotatable bonds is 3. The number of oxime groups is 1. The molecule has 0 saturated carbocycles. The van der Waals surface area contributed by atoms with E-state index >= 15 is 0 Å². The van der Waals surface area contributed by atoms with Gasteiger partial charge in [0.15, 0.2) is 0 Å². The first-order chi connectivity index (χ1) is 7.93. The lowest BCUT2D eigenvalue weighted by Gasteiger charge is -2.16. The molecule has 1 fully saturated rings. The Hall–Kier alpha value is -1.35. The Morgan fingerprint density at radius 2 is 2.19 bits per heavy atom. The van der Waals surface area contributed by atoms with E-state index in [1.165, 1.54) is 17.5 Å². The van der Waals surface area contributed by atoms with E-state index in [1.54, 1.807) is 0 Å². The molecule has 3 heteroatoms. The van der Waals surface area contributed by atoms with Crippen molar-refractivity contribution in [3.63, 3.8) is 0 Å². The molecule has 0 N–H and O–H groups in total. The van der Waals surface area contributed by atoms with Crippen LogP contribution in [0.5, 0.6) is 0 Å². The molecule has 1 saturated heterocycles. The summed E-state index contributed by atoms with van der Waals surface area (Å²) in [6.45, 7) is 1.41. The summed E-state index contributed by atoms with van der Waals surface area (Å²) in [5.41, 5.74) is 3.73. The van der Waals surface area contributed by atoms with Gasteiger partial charge in [-0.15, -0.1) is 0 Å². The summed E-state index contributed by atoms with van der Waals surface area (Å²) in [6, 6.07) is 8.45. The summed E-state index contributed by atoms with van der Waals surface area (Å²) in [5, 5.41) is 4.24. The molecule has 1 aliphatic heterocycles. The third-order valence-corrected chi connectivity index (χ3v) is 3.03. The molecule has 0 spiro atoms. The Balaban J connectivity index is 1.75. The maximum atomic E-state index is 5.32. The Morgan fingerprint density at radius 3 is 3.06 bits per heavy atom. The molecule has 0 amide bonds. The van der Waals surface area contributed by atoms with Crippen molar-refractivity contribution in [2.24, 2.45) is 5.16 Å². The molecule has 1 atom stereocenters. The molecular weight excluding hydrogens is 202 g/mol. The first-order valence-corrected chi connectivity index (χ1v) is 5.82. The molecule has 1 unspecified atom stereocenters. The summed E-state index contributed by atoms with van der Waals surface area (Å²) in [5.74, 6) is 0. The van der Waals surface area contributed by atoms with E-state index < -0.39 is 0 Å². The van der Waals surface area contributed by atoms with Crippen molar-refractivity contribution in [3.8, 4) is 0 Å². The third kappa shape index (κ3) is 2.09. The fourth-order valence-electron chi connectivity index (χ4n) is 2.06. The Morgan fingerprint density at radius 1 is 1.31 bits per heavy atom. The summed E-state index contributed by atoms with van der Waals surface area (Å²) in [7, 11) is 0. The van der Waals surface area contributed by atoms with E-state index in [-0.39, 0.29) is 6.10 Å². The minimum absolute atomic E-state index is 0.281. The SMILES string of the molecule is c1ccc2c(c1)CCC/C2=N\OCC1CO1. The molecule has 2 aliphatic rings. The van der Waals surface area contributed by atoms with Gasteiger partial charge in [-0.1, -0.05) is 29.4 Å². The number of hydrogen-bond acceptors (Lipinski definition) is 3. The van der Waals surface area contributed by atoms with Gasteiger partial charge in [-0.25, -0.2) is 0 Å². The van der Waals surface area contributed by atoms with Crippen molar-refractivity contribution in [2.75, 3.05) is 13.2 Å². The lowest BCUT2D eigenvalue weighted by atomic mass is 9.90. The van der Waals surface area contributed by atoms with Crippen LogP contribution in [0.2, 0.25) is 0 Å². The van der Waals surface area contributed by atoms with Gasteiger partial charge >= 0.3 is 0 Å². The predicted octanol–water partition coefficient (Wildman–Crippen LogP) is 2.14. The van der Waals surface area contributed by atoms with E-state index in [9.17, 15) is 0 Å². The number of benzene rings is 1. The first kappa shape index (κ1) is 9.85. The molecule has 0 bridgehead atoms. The highest BCUT2D eigenvalue weighted by Crippen LogP contribution is 2.21. The van der Waals surface area contributed by atoms with Gasteiger partial charge in [0.05, 0.1) is 12.3 Å². The molecular formula is C13H15NO2. The van der Waals surface area contributed by atoms with E-state index in [0.717, 1.165) is 25.2 Å². The van der Waals surface area contributed by atoms with Gasteiger partial charge in [-0.05, 0) is 24.8 Å². The number of fused-ring (bicyclic) bond motifs is 1. The zero-order valence-electron chi connectivity index (χ0n) is 9.19. The van der Waals surface area contributed by atoms with Crippen LogP contribution in [0.3, 0.4) is 0 Å². The van der Waals surface area contributed by atoms with Crippen molar-refractivity contribution in [1.29, 1.82) is 0 Å². The van der Waals surface area contributed by atoms with E-state index in [0.29, 0.717) is 6.61 Å². The van der Waals surface area contributed by atoms with Crippen molar-refractivity contribution in [2.45, 2.75) is 25.4 Å². The number of aryl methyl sites for hydroxylation is 1. The fourth-order valence-corrected chi connectivity index (χ4v) is 2.06. The van der Waals surface area contributed by atoms with Crippen molar-refractivity contribution >= 4 is 5.71 Å². The van der Waals surface area contributed by atoms with Gasteiger partial charge < -0.3 is 9.57 Å². The quantitative estimate of drug-likeness (QED) is 0.574. The molecule has 3 rings (SSSR count). The molecule has 3 nitrogen and oxygen atoms in total. The number of ether oxygens (including phenoxy) is 1. The second-order valence-corrected chi connectivity index (χ2v) is 4.30. The van der Waals surface area contributed by atoms with Gasteiger partial charge in [-0.3, -0.25) is 0 Å². The van der Waals surface area contributed by atoms with Gasteiger partial charge in [0.1, 0.15) is 12.7 Å². The van der Waals surface area contributed by atoms with E-state index in [1.807, 2.05) is 0 Å². The topological polar surface area (TPSA) is 34.1 Å². The van der Waals surface area contributed by atoms with Crippen molar-refractivity contribution < 1.29 is 9.57 Å². The van der Waals surface area contributed by atoms with Crippen LogP contribution in [-0.4, -0.2) is 25.0 Å². The number of epoxide rings is 1. The van der Waals surface area contributed by atoms with Crippen molar-refractivity contribution in [3.05, 3.63) is 35.4 Å². The summed E-state index contributed by atoms with van der Waals surface area (Å²) in [6.07, 6.45) is 3.62. The standard InChI is InChI=1S/C13H15NO2/c1-2-6-12-10(4-1)5-3-7-13(12)14-16-9-11-8-15-11/h1-2,4,6,11H,3,5,7-9H2/b14-13+. The van der Waals surface area contributed by atoms with Crippen LogP contribution >= 0.6 is 0 Å². The van der Waals surface area contributed by atoms with Crippen LogP contribution < -0.4 is 0 Å². The van der Waals surface area contributed by atoms with Gasteiger partial charge in [0.2, 0.25) is 0 Å². The molecule has 1 aliphatic carbocycles. The Bertz CT molecular complexity index is 410. The Kier molecular flexibility index (Phi) is 2.62. The molecule has 84 valence electrons. The largest absolute Gasteiger partial charge is 0.393 e. The van der Waals surface area contributed by atoms with Gasteiger partial charge in [0.25, 0.3) is 0 Å². The predicted molar refractivity (Wildman–Crippen MR) is 61.6 cm³/mol. The molecule has 1 aromatic carbocycles. The average Bonchev–Trinajstić information content (AvgIpc) is 3.13. The minimum Gasteiger partial charge on any atom is -0.393 e. The summed E-state index contributed by atoms with van der Waals surface area (Å²) < 4.78 is 5.07. The van der Waals surface area contributed by atoms with Crippen molar-refractivity contribution in [1.82, 2.24) is 0 Å². The highest BCUT2D eigenvalue weighted by molar-refractivity contribution is 6.02. The second-order valence-electron chi connectivity index (χ2n) is 4.30. The Labute approximate surface area is 95.1 Å². The molecule has 0 radical (unpaired) electrons. The maximum absolute atomic E-state index is 5.32. The zero-order valence-corrected chi connectivity index (χ0v) is 9.19. The third-order valence-electron chi connectivity index (χ3n) is 3.03. The molecule has 1 aromatic rings. The fraction of sp³-hybridized carbons (Fsp3) is 0.462. The number of nitrogens with zero attached hydrogens (tertiary/aromatic N) is 1. The van der Waals surface area contributed by atoms with Gasteiger partial charge in [0, 0.05) is 5.56 Å². The lowest BCUT2D eigenvalue weighted by Crippen LogP contribution is -2.12. The molecule has 1 heterocycles. The van der Waals surface area contributed by atoms with Crippen LogP contribution in [0, 0.1) is 0 Å². The maximum Gasteiger partial charge on any atom is 0.145 e. The van der Waals surface area contributed by atoms with Crippen LogP contribution in [0.4, 0.5) is 0 Å². The zero-order chi connectivity index (χ0) is 10.8. The monoisotopic (exact) mass is 217 g/mol.